The highest BCUT2D eigenvalue weighted by Crippen LogP contribution is 2.11. The molecule has 8 nitrogen and oxygen atoms in total. The second-order valence-electron chi connectivity index (χ2n) is 6.05. The molecule has 0 saturated carbocycles. The number of nitrogens with zero attached hydrogens (tertiary/aromatic N) is 1. The van der Waals surface area contributed by atoms with Crippen molar-refractivity contribution in [2.24, 2.45) is 0 Å². The van der Waals surface area contributed by atoms with Gasteiger partial charge < -0.3 is 10.5 Å². The Morgan fingerprint density at radius 2 is 1.77 bits per heavy atom. The van der Waals surface area contributed by atoms with Crippen LogP contribution in [0.5, 0.6) is 0 Å². The van der Waals surface area contributed by atoms with Crippen LogP contribution >= 0.6 is 0 Å². The van der Waals surface area contributed by atoms with Gasteiger partial charge in [0.1, 0.15) is 11.4 Å². The number of ether oxygens (including phenoxy) is 1. The summed E-state index contributed by atoms with van der Waals surface area (Å²) in [5.74, 6) is -1.68. The number of aromatic amines is 1. The number of nitrogen functional groups attached to an aromatic ring is 1. The zero-order valence-corrected chi connectivity index (χ0v) is 14.9. The van der Waals surface area contributed by atoms with E-state index in [4.69, 9.17) is 10.5 Å². The van der Waals surface area contributed by atoms with Gasteiger partial charge in [-0.3, -0.25) is 19.1 Å². The molecule has 1 heterocycles. The van der Waals surface area contributed by atoms with Gasteiger partial charge in [0.25, 0.3) is 5.56 Å². The Labute approximate surface area is 149 Å². The predicted octanol–water partition coefficient (Wildman–Crippen LogP) is 1.19. The quantitative estimate of drug-likeness (QED) is 0.589. The Kier molecular flexibility index (Phi) is 5.76. The summed E-state index contributed by atoms with van der Waals surface area (Å²) in [4.78, 5) is 50.2. The molecule has 26 heavy (non-hydrogen) atoms. The van der Waals surface area contributed by atoms with Gasteiger partial charge in [0.15, 0.2) is 6.61 Å². The molecule has 0 radical (unpaired) electrons. The number of aryl methyl sites for hydroxylation is 2. The van der Waals surface area contributed by atoms with E-state index in [9.17, 15) is 19.2 Å². The predicted molar refractivity (Wildman–Crippen MR) is 96.6 cm³/mol. The molecular formula is C18H21N3O5. The number of nitrogens with two attached hydrogens (primary N) is 1. The second-order valence-corrected chi connectivity index (χ2v) is 6.05. The van der Waals surface area contributed by atoms with E-state index < -0.39 is 29.6 Å². The van der Waals surface area contributed by atoms with Crippen molar-refractivity contribution in [3.05, 3.63) is 61.3 Å². The molecule has 3 N–H and O–H groups in total. The fourth-order valence-corrected chi connectivity index (χ4v) is 2.68. The fourth-order valence-electron chi connectivity index (χ4n) is 2.68. The molecule has 0 fully saturated rings. The summed E-state index contributed by atoms with van der Waals surface area (Å²) in [6, 6.07) is 5.18. The molecule has 138 valence electrons. The molecule has 2 aromatic rings. The average molecular weight is 359 g/mol. The van der Waals surface area contributed by atoms with Crippen LogP contribution in [-0.2, 0) is 11.3 Å². The largest absolute Gasteiger partial charge is 0.454 e. The van der Waals surface area contributed by atoms with Crippen molar-refractivity contribution in [3.63, 3.8) is 0 Å². The van der Waals surface area contributed by atoms with Crippen LogP contribution in [0.2, 0.25) is 0 Å². The molecule has 8 heteroatoms. The van der Waals surface area contributed by atoms with E-state index >= 15 is 0 Å². The third-order valence-corrected chi connectivity index (χ3v) is 3.76. The number of nitrogens with one attached hydrogen (secondary N) is 1. The molecule has 1 aromatic carbocycles. The lowest BCUT2D eigenvalue weighted by molar-refractivity contribution is 0.0474. The number of carbonyl (C=O) groups excluding carboxylic acids is 2. The standard InChI is InChI=1S/C18H21N3O5/c1-4-5-21-15(19)14(16(23)20-18(21)25)13(22)9-26-17(24)12-7-10(2)6-11(3)8-12/h6-8H,4-5,9,19H2,1-3H3,(H,20,23,25). The summed E-state index contributed by atoms with van der Waals surface area (Å²) in [5, 5.41) is 0. The maximum absolute atomic E-state index is 12.3. The van der Waals surface area contributed by atoms with Crippen molar-refractivity contribution in [3.8, 4) is 0 Å². The number of rotatable bonds is 6. The molecule has 0 saturated heterocycles. The van der Waals surface area contributed by atoms with E-state index in [2.05, 4.69) is 4.98 Å². The van der Waals surface area contributed by atoms with E-state index in [1.165, 1.54) is 0 Å². The number of anilines is 1. The minimum Gasteiger partial charge on any atom is -0.454 e. The number of hydrogen-bond acceptors (Lipinski definition) is 6. The minimum absolute atomic E-state index is 0.229. The number of carbonyl (C=O) groups is 2. The lowest BCUT2D eigenvalue weighted by atomic mass is 10.1. The van der Waals surface area contributed by atoms with E-state index in [0.717, 1.165) is 15.7 Å². The number of esters is 1. The van der Waals surface area contributed by atoms with Gasteiger partial charge in [-0.2, -0.15) is 0 Å². The van der Waals surface area contributed by atoms with E-state index in [1.807, 2.05) is 26.8 Å². The maximum atomic E-state index is 12.3. The van der Waals surface area contributed by atoms with Crippen LogP contribution in [0.4, 0.5) is 5.82 Å². The zero-order chi connectivity index (χ0) is 19.4. The molecule has 2 rings (SSSR count). The minimum atomic E-state index is -0.896. The first-order chi connectivity index (χ1) is 12.2. The Bertz CT molecular complexity index is 952. The number of hydrogen-bond donors (Lipinski definition) is 2. The lowest BCUT2D eigenvalue weighted by Crippen LogP contribution is -2.37. The Hall–Kier alpha value is -3.16. The van der Waals surface area contributed by atoms with Crippen LogP contribution < -0.4 is 17.0 Å². The molecule has 0 spiro atoms. The Balaban J connectivity index is 2.23. The van der Waals surface area contributed by atoms with Crippen molar-refractivity contribution < 1.29 is 14.3 Å². The Morgan fingerprint density at radius 3 is 2.35 bits per heavy atom. The molecule has 0 atom stereocenters. The summed E-state index contributed by atoms with van der Waals surface area (Å²) in [7, 11) is 0. The first-order valence-corrected chi connectivity index (χ1v) is 8.15. The van der Waals surface area contributed by atoms with Crippen LogP contribution in [0, 0.1) is 13.8 Å². The average Bonchev–Trinajstić information content (AvgIpc) is 2.55. The SMILES string of the molecule is CCCn1c(N)c(C(=O)COC(=O)c2cc(C)cc(C)c2)c(=O)[nH]c1=O. The summed E-state index contributed by atoms with van der Waals surface area (Å²) in [6.45, 7) is 5.11. The fraction of sp³-hybridized carbons (Fsp3) is 0.333. The monoisotopic (exact) mass is 359 g/mol. The summed E-state index contributed by atoms with van der Waals surface area (Å²) in [6.07, 6.45) is 0.589. The Morgan fingerprint density at radius 1 is 1.15 bits per heavy atom. The van der Waals surface area contributed by atoms with Crippen molar-refractivity contribution in [1.29, 1.82) is 0 Å². The molecule has 0 aliphatic heterocycles. The highest BCUT2D eigenvalue weighted by Gasteiger charge is 2.21. The van der Waals surface area contributed by atoms with Crippen LogP contribution in [0.1, 0.15) is 45.2 Å². The number of ketones is 1. The van der Waals surface area contributed by atoms with Crippen molar-refractivity contribution in [2.75, 3.05) is 12.3 Å². The van der Waals surface area contributed by atoms with Crippen molar-refractivity contribution in [1.82, 2.24) is 9.55 Å². The molecule has 0 unspecified atom stereocenters. The van der Waals surface area contributed by atoms with Gasteiger partial charge in [0.2, 0.25) is 5.78 Å². The highest BCUT2D eigenvalue weighted by atomic mass is 16.5. The van der Waals surface area contributed by atoms with Gasteiger partial charge >= 0.3 is 11.7 Å². The summed E-state index contributed by atoms with van der Waals surface area (Å²) < 4.78 is 6.12. The molecule has 0 aliphatic carbocycles. The third-order valence-electron chi connectivity index (χ3n) is 3.76. The number of benzene rings is 1. The van der Waals surface area contributed by atoms with Gasteiger partial charge in [0, 0.05) is 6.54 Å². The van der Waals surface area contributed by atoms with Gasteiger partial charge in [-0.15, -0.1) is 0 Å². The van der Waals surface area contributed by atoms with Crippen LogP contribution in [0.3, 0.4) is 0 Å². The third kappa shape index (κ3) is 4.08. The topological polar surface area (TPSA) is 124 Å². The molecule has 0 bridgehead atoms. The maximum Gasteiger partial charge on any atom is 0.338 e. The van der Waals surface area contributed by atoms with E-state index in [-0.39, 0.29) is 17.9 Å². The molecule has 1 aromatic heterocycles. The highest BCUT2D eigenvalue weighted by molar-refractivity contribution is 6.02. The van der Waals surface area contributed by atoms with Crippen molar-refractivity contribution in [2.45, 2.75) is 33.7 Å². The summed E-state index contributed by atoms with van der Waals surface area (Å²) >= 11 is 0. The van der Waals surface area contributed by atoms with Crippen LogP contribution in [-0.4, -0.2) is 27.9 Å². The first kappa shape index (κ1) is 19.2. The lowest BCUT2D eigenvalue weighted by Gasteiger charge is -2.11. The number of aromatic nitrogens is 2. The molecular weight excluding hydrogens is 338 g/mol. The van der Waals surface area contributed by atoms with E-state index in [1.54, 1.807) is 12.1 Å². The first-order valence-electron chi connectivity index (χ1n) is 8.15. The van der Waals surface area contributed by atoms with Crippen LogP contribution in [0.15, 0.2) is 27.8 Å². The molecule has 0 aliphatic rings. The zero-order valence-electron chi connectivity index (χ0n) is 14.9. The van der Waals surface area contributed by atoms with Crippen LogP contribution in [0.25, 0.3) is 0 Å². The smallest absolute Gasteiger partial charge is 0.338 e. The normalized spacial score (nSPS) is 10.6. The van der Waals surface area contributed by atoms with Gasteiger partial charge in [-0.1, -0.05) is 24.1 Å². The van der Waals surface area contributed by atoms with Crippen molar-refractivity contribution >= 4 is 17.6 Å². The van der Waals surface area contributed by atoms with Gasteiger partial charge in [-0.05, 0) is 32.4 Å². The number of Topliss-reactive ketones (excluding diaryl/α,β-unsaturated/α-hetero) is 1. The number of H-pyrrole nitrogens is 1. The van der Waals surface area contributed by atoms with Gasteiger partial charge in [-0.25, -0.2) is 9.59 Å². The summed E-state index contributed by atoms with van der Waals surface area (Å²) in [5.41, 5.74) is 5.93. The molecule has 0 amide bonds. The van der Waals surface area contributed by atoms with E-state index in [0.29, 0.717) is 12.0 Å². The van der Waals surface area contributed by atoms with Gasteiger partial charge in [0.05, 0.1) is 5.56 Å². The second kappa shape index (κ2) is 7.81.